The van der Waals surface area contributed by atoms with Crippen LogP contribution >= 0.6 is 11.3 Å². The van der Waals surface area contributed by atoms with Gasteiger partial charge in [-0.15, -0.1) is 11.3 Å². The van der Waals surface area contributed by atoms with Gasteiger partial charge in [0.25, 0.3) is 0 Å². The average Bonchev–Trinajstić information content (AvgIpc) is 2.92. The number of fused-ring (bicyclic) bond motifs is 1. The van der Waals surface area contributed by atoms with Crippen molar-refractivity contribution < 1.29 is 0 Å². The molecule has 3 rings (SSSR count). The van der Waals surface area contributed by atoms with Gasteiger partial charge in [0.2, 0.25) is 0 Å². The number of nitrogens with one attached hydrogen (secondary N) is 1. The second-order valence-corrected chi connectivity index (χ2v) is 5.73. The van der Waals surface area contributed by atoms with Crippen molar-refractivity contribution in [3.05, 3.63) is 35.3 Å². The summed E-state index contributed by atoms with van der Waals surface area (Å²) in [6.45, 7) is 2.13. The van der Waals surface area contributed by atoms with Crippen molar-refractivity contribution >= 4 is 27.4 Å². The van der Waals surface area contributed by atoms with Crippen LogP contribution in [0.25, 0.3) is 22.2 Å². The highest BCUT2D eigenvalue weighted by Crippen LogP contribution is 2.35. The first-order valence-electron chi connectivity index (χ1n) is 5.88. The van der Waals surface area contributed by atoms with E-state index in [1.165, 1.54) is 15.8 Å². The SMILES string of the molecule is Cc1sc(N(C)C)nc1-c1c[nH]c2ccccc12. The molecule has 3 nitrogen and oxygen atoms in total. The van der Waals surface area contributed by atoms with E-state index in [4.69, 9.17) is 4.98 Å². The predicted molar refractivity (Wildman–Crippen MR) is 78.5 cm³/mol. The summed E-state index contributed by atoms with van der Waals surface area (Å²) in [5.74, 6) is 0. The number of anilines is 1. The molecular formula is C14H15N3S. The van der Waals surface area contributed by atoms with Crippen molar-refractivity contribution in [2.24, 2.45) is 0 Å². The van der Waals surface area contributed by atoms with E-state index in [1.807, 2.05) is 26.4 Å². The first kappa shape index (κ1) is 11.3. The van der Waals surface area contributed by atoms with Gasteiger partial charge in [-0.05, 0) is 13.0 Å². The Morgan fingerprint density at radius 1 is 1.22 bits per heavy atom. The summed E-state index contributed by atoms with van der Waals surface area (Å²) >= 11 is 1.73. The lowest BCUT2D eigenvalue weighted by atomic mass is 10.1. The van der Waals surface area contributed by atoms with Gasteiger partial charge in [-0.2, -0.15) is 0 Å². The van der Waals surface area contributed by atoms with Gasteiger partial charge in [-0.25, -0.2) is 4.98 Å². The number of aryl methyl sites for hydroxylation is 1. The molecule has 92 valence electrons. The molecule has 0 unspecified atom stereocenters. The fourth-order valence-corrected chi connectivity index (χ4v) is 2.94. The molecule has 0 aliphatic carbocycles. The minimum absolute atomic E-state index is 1.05. The average molecular weight is 257 g/mol. The molecule has 0 fully saturated rings. The first-order chi connectivity index (χ1) is 8.66. The molecule has 1 aromatic carbocycles. The number of aromatic amines is 1. The molecular weight excluding hydrogens is 242 g/mol. The maximum atomic E-state index is 4.73. The summed E-state index contributed by atoms with van der Waals surface area (Å²) < 4.78 is 0. The lowest BCUT2D eigenvalue weighted by Crippen LogP contribution is -2.07. The Morgan fingerprint density at radius 3 is 2.72 bits per heavy atom. The molecule has 0 atom stereocenters. The molecule has 0 amide bonds. The second-order valence-electron chi connectivity index (χ2n) is 4.54. The number of nitrogens with zero attached hydrogens (tertiary/aromatic N) is 2. The van der Waals surface area contributed by atoms with E-state index < -0.39 is 0 Å². The van der Waals surface area contributed by atoms with Crippen LogP contribution in [0.1, 0.15) is 4.88 Å². The van der Waals surface area contributed by atoms with Crippen molar-refractivity contribution in [2.45, 2.75) is 6.92 Å². The van der Waals surface area contributed by atoms with Crippen molar-refractivity contribution in [3.63, 3.8) is 0 Å². The van der Waals surface area contributed by atoms with Crippen LogP contribution in [0, 0.1) is 6.92 Å². The monoisotopic (exact) mass is 257 g/mol. The van der Waals surface area contributed by atoms with Crippen LogP contribution in [0.15, 0.2) is 30.5 Å². The Kier molecular flexibility index (Phi) is 2.59. The number of H-pyrrole nitrogens is 1. The Morgan fingerprint density at radius 2 is 2.00 bits per heavy atom. The topological polar surface area (TPSA) is 31.9 Å². The van der Waals surface area contributed by atoms with Crippen LogP contribution in [0.5, 0.6) is 0 Å². The van der Waals surface area contributed by atoms with Gasteiger partial charge in [0.15, 0.2) is 5.13 Å². The number of para-hydroxylation sites is 1. The molecule has 4 heteroatoms. The third-order valence-electron chi connectivity index (χ3n) is 3.01. The molecule has 0 aliphatic heterocycles. The predicted octanol–water partition coefficient (Wildman–Crippen LogP) is 3.67. The third kappa shape index (κ3) is 1.69. The van der Waals surface area contributed by atoms with Crippen LogP contribution in [0.2, 0.25) is 0 Å². The molecule has 0 spiro atoms. The fraction of sp³-hybridized carbons (Fsp3) is 0.214. The Hall–Kier alpha value is -1.81. The molecule has 3 aromatic rings. The van der Waals surface area contributed by atoms with Crippen molar-refractivity contribution in [3.8, 4) is 11.3 Å². The van der Waals surface area contributed by atoms with Crippen molar-refractivity contribution in [2.75, 3.05) is 19.0 Å². The number of rotatable bonds is 2. The molecule has 2 heterocycles. The van der Waals surface area contributed by atoms with Crippen LogP contribution in [0.3, 0.4) is 0 Å². The summed E-state index contributed by atoms with van der Waals surface area (Å²) in [4.78, 5) is 11.3. The minimum atomic E-state index is 1.05. The summed E-state index contributed by atoms with van der Waals surface area (Å²) in [5.41, 5.74) is 3.43. The van der Waals surface area contributed by atoms with E-state index in [0.717, 1.165) is 16.3 Å². The number of thiazole rings is 1. The number of hydrogen-bond donors (Lipinski definition) is 1. The second kappa shape index (κ2) is 4.14. The normalized spacial score (nSPS) is 11.1. The van der Waals surface area contributed by atoms with Crippen molar-refractivity contribution in [1.29, 1.82) is 0 Å². The molecule has 2 aromatic heterocycles. The van der Waals surface area contributed by atoms with Crippen LogP contribution in [-0.4, -0.2) is 24.1 Å². The zero-order valence-corrected chi connectivity index (χ0v) is 11.5. The molecule has 0 saturated carbocycles. The van der Waals surface area contributed by atoms with Gasteiger partial charge in [0.05, 0.1) is 5.69 Å². The first-order valence-corrected chi connectivity index (χ1v) is 6.69. The molecule has 0 bridgehead atoms. The standard InChI is InChI=1S/C14H15N3S/c1-9-13(16-14(18-9)17(2)3)11-8-15-12-7-5-4-6-10(11)12/h4-8,15H,1-3H3. The number of hydrogen-bond acceptors (Lipinski definition) is 3. The van der Waals surface area contributed by atoms with E-state index >= 15 is 0 Å². The summed E-state index contributed by atoms with van der Waals surface area (Å²) in [6.07, 6.45) is 2.05. The van der Waals surface area contributed by atoms with Crippen LogP contribution in [0.4, 0.5) is 5.13 Å². The van der Waals surface area contributed by atoms with E-state index in [2.05, 4.69) is 35.0 Å². The van der Waals surface area contributed by atoms with E-state index in [-0.39, 0.29) is 0 Å². The van der Waals surface area contributed by atoms with Gasteiger partial charge in [0, 0.05) is 41.6 Å². The summed E-state index contributed by atoms with van der Waals surface area (Å²) in [6, 6.07) is 8.33. The molecule has 0 saturated heterocycles. The largest absolute Gasteiger partial charge is 0.360 e. The lowest BCUT2D eigenvalue weighted by molar-refractivity contribution is 1.11. The maximum Gasteiger partial charge on any atom is 0.185 e. The highest BCUT2D eigenvalue weighted by Gasteiger charge is 2.14. The Bertz CT molecular complexity index is 694. The highest BCUT2D eigenvalue weighted by atomic mass is 32.1. The van der Waals surface area contributed by atoms with Gasteiger partial charge in [-0.1, -0.05) is 18.2 Å². The highest BCUT2D eigenvalue weighted by molar-refractivity contribution is 7.16. The van der Waals surface area contributed by atoms with Crippen LogP contribution < -0.4 is 4.90 Å². The Labute approximate surface area is 110 Å². The molecule has 18 heavy (non-hydrogen) atoms. The van der Waals surface area contributed by atoms with Crippen LogP contribution in [-0.2, 0) is 0 Å². The molecule has 0 aliphatic rings. The smallest absolute Gasteiger partial charge is 0.185 e. The molecule has 1 N–H and O–H groups in total. The minimum Gasteiger partial charge on any atom is -0.360 e. The third-order valence-corrected chi connectivity index (χ3v) is 4.15. The number of benzene rings is 1. The summed E-state index contributed by atoms with van der Waals surface area (Å²) in [5, 5.41) is 2.28. The zero-order valence-electron chi connectivity index (χ0n) is 10.7. The fourth-order valence-electron chi connectivity index (χ4n) is 2.09. The van der Waals surface area contributed by atoms with E-state index in [9.17, 15) is 0 Å². The zero-order chi connectivity index (χ0) is 12.7. The Balaban J connectivity index is 2.20. The maximum absolute atomic E-state index is 4.73. The van der Waals surface area contributed by atoms with Gasteiger partial charge < -0.3 is 9.88 Å². The van der Waals surface area contributed by atoms with E-state index in [0.29, 0.717) is 0 Å². The lowest BCUT2D eigenvalue weighted by Gasteiger charge is -2.05. The molecule has 0 radical (unpaired) electrons. The summed E-state index contributed by atoms with van der Waals surface area (Å²) in [7, 11) is 4.05. The van der Waals surface area contributed by atoms with Gasteiger partial charge in [0.1, 0.15) is 0 Å². The number of aromatic nitrogens is 2. The van der Waals surface area contributed by atoms with Gasteiger partial charge >= 0.3 is 0 Å². The van der Waals surface area contributed by atoms with Crippen molar-refractivity contribution in [1.82, 2.24) is 9.97 Å². The van der Waals surface area contributed by atoms with Gasteiger partial charge in [-0.3, -0.25) is 0 Å². The quantitative estimate of drug-likeness (QED) is 0.759. The van der Waals surface area contributed by atoms with E-state index in [1.54, 1.807) is 11.3 Å².